The van der Waals surface area contributed by atoms with Crippen molar-refractivity contribution in [3.05, 3.63) is 88.8 Å². The first-order valence-electron chi connectivity index (χ1n) is 7.28. The van der Waals surface area contributed by atoms with Crippen molar-refractivity contribution >= 4 is 10.9 Å². The highest BCUT2D eigenvalue weighted by molar-refractivity contribution is 7.97. The number of benzene rings is 3. The second kappa shape index (κ2) is 7.42. The molecule has 0 aliphatic carbocycles. The quantitative estimate of drug-likeness (QED) is 0.208. The van der Waals surface area contributed by atoms with Crippen molar-refractivity contribution in [2.24, 2.45) is 0 Å². The highest BCUT2D eigenvalue weighted by Crippen LogP contribution is 2.38. The molecule has 0 atom stereocenters. The van der Waals surface area contributed by atoms with Crippen molar-refractivity contribution in [2.45, 2.75) is 14.7 Å². The minimum absolute atomic E-state index is 0.399. The summed E-state index contributed by atoms with van der Waals surface area (Å²) in [5.41, 5.74) is 0. The van der Waals surface area contributed by atoms with Crippen molar-refractivity contribution in [3.63, 3.8) is 0 Å². The Labute approximate surface area is 154 Å². The molecule has 146 valence electrons. The molecule has 0 saturated carbocycles. The summed E-state index contributed by atoms with van der Waals surface area (Å²) in [6.45, 7) is 0. The van der Waals surface area contributed by atoms with Crippen LogP contribution < -0.4 is 0 Å². The molecule has 0 bridgehead atoms. The Hall–Kier alpha value is -2.62. The van der Waals surface area contributed by atoms with E-state index >= 15 is 0 Å². The molecule has 0 spiro atoms. The topological polar surface area (TPSA) is 0 Å². The molecule has 0 unspecified atom stereocenters. The molecule has 0 aliphatic rings. The van der Waals surface area contributed by atoms with Crippen molar-refractivity contribution in [1.29, 1.82) is 0 Å². The van der Waals surface area contributed by atoms with Crippen LogP contribution in [-0.4, -0.2) is 0 Å². The van der Waals surface area contributed by atoms with Gasteiger partial charge in [0, 0.05) is 36.4 Å². The number of rotatable bonds is 3. The lowest BCUT2D eigenvalue weighted by molar-refractivity contribution is 0.360. The summed E-state index contributed by atoms with van der Waals surface area (Å²) in [5.74, 6) is -16.5. The summed E-state index contributed by atoms with van der Waals surface area (Å²) in [4.78, 5) is -2.66. The van der Waals surface area contributed by atoms with Crippen LogP contribution in [-0.2, 0) is 10.9 Å². The van der Waals surface area contributed by atoms with Gasteiger partial charge in [-0.1, -0.05) is 0 Å². The first kappa shape index (κ1) is 20.1. The van der Waals surface area contributed by atoms with Crippen molar-refractivity contribution in [3.8, 4) is 0 Å². The predicted molar refractivity (Wildman–Crippen MR) is 81.1 cm³/mol. The Bertz CT molecular complexity index is 960. The highest BCUT2D eigenvalue weighted by atomic mass is 32.2. The van der Waals surface area contributed by atoms with E-state index in [0.29, 0.717) is 36.4 Å². The van der Waals surface area contributed by atoms with Gasteiger partial charge in [-0.25, -0.2) is 30.7 Å². The van der Waals surface area contributed by atoms with Gasteiger partial charge < -0.3 is 0 Å². The summed E-state index contributed by atoms with van der Waals surface area (Å²) in [5, 5.41) is 0. The van der Waals surface area contributed by atoms with E-state index in [4.69, 9.17) is 0 Å². The number of hydrogen-bond acceptors (Lipinski definition) is 0. The first-order valence-corrected chi connectivity index (χ1v) is 8.50. The zero-order valence-electron chi connectivity index (χ0n) is 13.3. The molecule has 28 heavy (non-hydrogen) atoms. The molecular weight excluding hydrogens is 419 g/mol. The van der Waals surface area contributed by atoms with Crippen molar-refractivity contribution in [2.75, 3.05) is 0 Å². The van der Waals surface area contributed by atoms with Gasteiger partial charge in [0.1, 0.15) is 34.2 Å². The fourth-order valence-corrected chi connectivity index (χ4v) is 4.63. The predicted octanol–water partition coefficient (Wildman–Crippen LogP) is 6.03. The molecule has 0 radical (unpaired) electrons. The van der Waals surface area contributed by atoms with Gasteiger partial charge in [0.05, 0.1) is 0 Å². The summed E-state index contributed by atoms with van der Waals surface area (Å²) in [7, 11) is -2.46. The molecule has 3 aromatic rings. The zero-order valence-corrected chi connectivity index (χ0v) is 14.1. The Morgan fingerprint density at radius 3 is 1.00 bits per heavy atom. The minimum atomic E-state index is -2.46. The molecule has 0 nitrogen and oxygen atoms in total. The number of halogens is 9. The van der Waals surface area contributed by atoms with Crippen molar-refractivity contribution < 1.29 is 39.5 Å². The van der Waals surface area contributed by atoms with Crippen LogP contribution in [0.4, 0.5) is 39.5 Å². The number of hydrogen-bond donors (Lipinski definition) is 0. The monoisotopic (exact) mass is 425 g/mol. The van der Waals surface area contributed by atoms with E-state index < -0.39 is 77.9 Å². The largest absolute Gasteiger partial charge is 0.243 e. The maximum Gasteiger partial charge on any atom is 0.243 e. The van der Waals surface area contributed by atoms with E-state index in [2.05, 4.69) is 0 Å². The summed E-state index contributed by atoms with van der Waals surface area (Å²) in [6, 6.07) is 3.05. The van der Waals surface area contributed by atoms with Crippen LogP contribution in [0.5, 0.6) is 0 Å². The van der Waals surface area contributed by atoms with Crippen LogP contribution in [0.3, 0.4) is 0 Å². The van der Waals surface area contributed by atoms with Gasteiger partial charge in [0.2, 0.25) is 34.0 Å². The Morgan fingerprint density at radius 2 is 0.679 bits per heavy atom. The Kier molecular flexibility index (Phi) is 5.33. The third kappa shape index (κ3) is 3.56. The molecule has 0 fully saturated rings. The van der Waals surface area contributed by atoms with Crippen LogP contribution in [0, 0.1) is 52.4 Å². The molecule has 0 aliphatic heterocycles. The summed E-state index contributed by atoms with van der Waals surface area (Å²) < 4.78 is 124. The molecular formula is C18H6F9S+. The van der Waals surface area contributed by atoms with Gasteiger partial charge in [-0.2, -0.15) is 8.78 Å². The molecule has 0 N–H and O–H groups in total. The molecule has 0 aromatic heterocycles. The molecule has 10 heteroatoms. The van der Waals surface area contributed by atoms with E-state index in [1.54, 1.807) is 0 Å². The van der Waals surface area contributed by atoms with Crippen LogP contribution >= 0.6 is 0 Å². The lowest BCUT2D eigenvalue weighted by Crippen LogP contribution is -2.15. The molecule has 0 amide bonds. The maximum absolute atomic E-state index is 14.3. The second-order valence-corrected chi connectivity index (χ2v) is 7.38. The zero-order chi connectivity index (χ0) is 20.7. The molecule has 3 rings (SSSR count). The Balaban J connectivity index is 2.41. The van der Waals surface area contributed by atoms with E-state index in [0.717, 1.165) is 0 Å². The van der Waals surface area contributed by atoms with Crippen LogP contribution in [0.25, 0.3) is 0 Å². The van der Waals surface area contributed by atoms with Gasteiger partial charge >= 0.3 is 0 Å². The fraction of sp³-hybridized carbons (Fsp3) is 0. The van der Waals surface area contributed by atoms with Crippen LogP contribution in [0.2, 0.25) is 0 Å². The average Bonchev–Trinajstić information content (AvgIpc) is 2.60. The van der Waals surface area contributed by atoms with E-state index in [9.17, 15) is 39.5 Å². The second-order valence-electron chi connectivity index (χ2n) is 5.42. The van der Waals surface area contributed by atoms with Gasteiger partial charge in [-0.05, 0) is 0 Å². The van der Waals surface area contributed by atoms with E-state index in [1.807, 2.05) is 0 Å². The Morgan fingerprint density at radius 1 is 0.393 bits per heavy atom. The summed E-state index contributed by atoms with van der Waals surface area (Å²) >= 11 is 0. The van der Waals surface area contributed by atoms with Gasteiger partial charge in [0.25, 0.3) is 0 Å². The average molecular weight is 425 g/mol. The SMILES string of the molecule is Fc1cc(F)cc([S+](c2cc(F)cc(F)c2)c2c(F)c(F)c(F)c(F)c2F)c1. The minimum Gasteiger partial charge on any atom is -0.207 e. The van der Waals surface area contributed by atoms with Crippen LogP contribution in [0.1, 0.15) is 0 Å². The first-order chi connectivity index (χ1) is 13.1. The third-order valence-electron chi connectivity index (χ3n) is 3.52. The smallest absolute Gasteiger partial charge is 0.207 e. The van der Waals surface area contributed by atoms with Crippen molar-refractivity contribution in [1.82, 2.24) is 0 Å². The third-order valence-corrected chi connectivity index (χ3v) is 5.70. The van der Waals surface area contributed by atoms with Gasteiger partial charge in [-0.15, -0.1) is 0 Å². The molecule has 0 saturated heterocycles. The van der Waals surface area contributed by atoms with Gasteiger partial charge in [0.15, 0.2) is 9.79 Å². The fourth-order valence-electron chi connectivity index (χ4n) is 2.43. The standard InChI is InChI=1S/C18H6F9S/c19-7-1-8(20)4-11(3-7)28(12-5-9(21)2-10(22)6-12)18-16(26)14(24)13(23)15(25)17(18)27/h1-6H/q+1. The maximum atomic E-state index is 14.3. The lowest BCUT2D eigenvalue weighted by Gasteiger charge is -2.11. The lowest BCUT2D eigenvalue weighted by atomic mass is 10.3. The molecule has 0 heterocycles. The molecule has 3 aromatic carbocycles. The van der Waals surface area contributed by atoms with E-state index in [-0.39, 0.29) is 0 Å². The normalized spacial score (nSPS) is 11.4. The van der Waals surface area contributed by atoms with Crippen LogP contribution in [0.15, 0.2) is 51.1 Å². The van der Waals surface area contributed by atoms with Gasteiger partial charge in [-0.3, -0.25) is 0 Å². The highest BCUT2D eigenvalue weighted by Gasteiger charge is 2.42. The van der Waals surface area contributed by atoms with E-state index in [1.165, 1.54) is 0 Å². The summed E-state index contributed by atoms with van der Waals surface area (Å²) in [6.07, 6.45) is 0.